The molecule has 1 unspecified atom stereocenters. The first kappa shape index (κ1) is 17.7. The fraction of sp³-hybridized carbons (Fsp3) is 1.00. The Bertz CT molecular complexity index is 205. The molecule has 2 nitrogen and oxygen atoms in total. The molecule has 1 N–H and O–H groups in total. The molecule has 5 heteroatoms. The van der Waals surface area contributed by atoms with Crippen molar-refractivity contribution in [2.75, 3.05) is 26.7 Å². The smallest absolute Gasteiger partial charge is 0.313 e. The van der Waals surface area contributed by atoms with Gasteiger partial charge in [-0.2, -0.15) is 13.2 Å². The molecule has 0 aromatic rings. The van der Waals surface area contributed by atoms with Crippen molar-refractivity contribution in [3.63, 3.8) is 0 Å². The highest BCUT2D eigenvalue weighted by molar-refractivity contribution is 4.64. The Morgan fingerprint density at radius 2 is 1.67 bits per heavy atom. The molecule has 0 aromatic carbocycles. The molecule has 0 aliphatic rings. The van der Waals surface area contributed by atoms with Crippen LogP contribution < -0.4 is 5.32 Å². The lowest BCUT2D eigenvalue weighted by atomic mass is 10.0. The van der Waals surface area contributed by atoms with Crippen LogP contribution in [-0.2, 0) is 0 Å². The van der Waals surface area contributed by atoms with E-state index in [2.05, 4.69) is 26.1 Å². The Labute approximate surface area is 109 Å². The molecule has 18 heavy (non-hydrogen) atoms. The zero-order valence-electron chi connectivity index (χ0n) is 12.0. The summed E-state index contributed by atoms with van der Waals surface area (Å²) in [6.07, 6.45) is -2.49. The molecule has 0 bridgehead atoms. The number of alkyl halides is 3. The van der Waals surface area contributed by atoms with Gasteiger partial charge in [0.15, 0.2) is 0 Å². The van der Waals surface area contributed by atoms with E-state index < -0.39 is 12.6 Å². The van der Waals surface area contributed by atoms with Gasteiger partial charge in [0, 0.05) is 25.7 Å². The summed E-state index contributed by atoms with van der Waals surface area (Å²) in [5, 5.41) is 3.34. The fourth-order valence-corrected chi connectivity index (χ4v) is 1.62. The van der Waals surface area contributed by atoms with Gasteiger partial charge in [-0.05, 0) is 32.7 Å². The number of likely N-dealkylation sites (N-methyl/N-ethyl adjacent to an activating group) is 1. The summed E-state index contributed by atoms with van der Waals surface area (Å²) in [6, 6.07) is 0.434. The zero-order chi connectivity index (χ0) is 14.2. The van der Waals surface area contributed by atoms with E-state index in [9.17, 15) is 13.2 Å². The highest BCUT2D eigenvalue weighted by atomic mass is 19.4. The summed E-state index contributed by atoms with van der Waals surface area (Å²) in [7, 11) is 1.73. The average Bonchev–Trinajstić information content (AvgIpc) is 2.22. The standard InChI is InChI=1S/C13H27F3N2/c1-11(2)5-6-12(3)17-8-10-18(4)9-7-13(14,15)16/h11-12,17H,5-10H2,1-4H3. The molecule has 1 atom stereocenters. The third-order valence-electron chi connectivity index (χ3n) is 2.94. The van der Waals surface area contributed by atoms with Crippen LogP contribution in [0.3, 0.4) is 0 Å². The monoisotopic (exact) mass is 268 g/mol. The van der Waals surface area contributed by atoms with E-state index >= 15 is 0 Å². The molecular weight excluding hydrogens is 241 g/mol. The number of hydrogen-bond donors (Lipinski definition) is 1. The number of hydrogen-bond acceptors (Lipinski definition) is 2. The molecule has 0 saturated heterocycles. The third kappa shape index (κ3) is 12.2. The SMILES string of the molecule is CC(C)CCC(C)NCCN(C)CCC(F)(F)F. The van der Waals surface area contributed by atoms with Crippen molar-refractivity contribution in [3.8, 4) is 0 Å². The molecule has 0 heterocycles. The van der Waals surface area contributed by atoms with E-state index in [0.29, 0.717) is 18.5 Å². The maximum absolute atomic E-state index is 12.0. The molecule has 0 aliphatic heterocycles. The van der Waals surface area contributed by atoms with Crippen LogP contribution in [0, 0.1) is 5.92 Å². The Kier molecular flexibility index (Phi) is 8.61. The number of rotatable bonds is 9. The van der Waals surface area contributed by atoms with Crippen LogP contribution >= 0.6 is 0 Å². The Morgan fingerprint density at radius 1 is 1.06 bits per heavy atom. The maximum Gasteiger partial charge on any atom is 0.390 e. The Balaban J connectivity index is 3.52. The largest absolute Gasteiger partial charge is 0.390 e. The molecule has 0 amide bonds. The highest BCUT2D eigenvalue weighted by Crippen LogP contribution is 2.19. The normalized spacial score (nSPS) is 14.5. The van der Waals surface area contributed by atoms with Crippen LogP contribution in [0.2, 0.25) is 0 Å². The van der Waals surface area contributed by atoms with E-state index in [4.69, 9.17) is 0 Å². The van der Waals surface area contributed by atoms with Gasteiger partial charge >= 0.3 is 6.18 Å². The lowest BCUT2D eigenvalue weighted by Gasteiger charge is -2.20. The topological polar surface area (TPSA) is 15.3 Å². The molecule has 0 radical (unpaired) electrons. The molecule has 0 aliphatic carbocycles. The van der Waals surface area contributed by atoms with Crippen molar-refractivity contribution >= 4 is 0 Å². The highest BCUT2D eigenvalue weighted by Gasteiger charge is 2.26. The summed E-state index contributed by atoms with van der Waals surface area (Å²) >= 11 is 0. The first-order valence-electron chi connectivity index (χ1n) is 6.69. The summed E-state index contributed by atoms with van der Waals surface area (Å²) in [5.41, 5.74) is 0. The van der Waals surface area contributed by atoms with Crippen LogP contribution in [0.1, 0.15) is 40.0 Å². The predicted octanol–water partition coefficient (Wildman–Crippen LogP) is 3.28. The van der Waals surface area contributed by atoms with Crippen LogP contribution in [0.5, 0.6) is 0 Å². The van der Waals surface area contributed by atoms with Crippen LogP contribution in [-0.4, -0.2) is 43.8 Å². The molecule has 0 fully saturated rings. The second-order valence-electron chi connectivity index (χ2n) is 5.49. The summed E-state index contributed by atoms with van der Waals surface area (Å²) in [5.74, 6) is 0.698. The zero-order valence-corrected chi connectivity index (χ0v) is 12.0. The summed E-state index contributed by atoms with van der Waals surface area (Å²) in [4.78, 5) is 1.72. The van der Waals surface area contributed by atoms with Gasteiger partial charge < -0.3 is 10.2 Å². The van der Waals surface area contributed by atoms with Gasteiger partial charge in [0.05, 0.1) is 6.42 Å². The Morgan fingerprint density at radius 3 is 2.17 bits per heavy atom. The number of halogens is 3. The second-order valence-corrected chi connectivity index (χ2v) is 5.49. The molecular formula is C13H27F3N2. The molecule has 0 rings (SSSR count). The minimum absolute atomic E-state index is 0.0750. The van der Waals surface area contributed by atoms with Crippen molar-refractivity contribution in [3.05, 3.63) is 0 Å². The molecule has 0 spiro atoms. The van der Waals surface area contributed by atoms with Crippen LogP contribution in [0.4, 0.5) is 13.2 Å². The van der Waals surface area contributed by atoms with Crippen molar-refractivity contribution in [1.82, 2.24) is 10.2 Å². The van der Waals surface area contributed by atoms with Gasteiger partial charge in [0.25, 0.3) is 0 Å². The van der Waals surface area contributed by atoms with Gasteiger partial charge in [-0.15, -0.1) is 0 Å². The van der Waals surface area contributed by atoms with Gasteiger partial charge in [-0.25, -0.2) is 0 Å². The number of nitrogens with zero attached hydrogens (tertiary/aromatic N) is 1. The van der Waals surface area contributed by atoms with E-state index in [1.165, 1.54) is 6.42 Å². The van der Waals surface area contributed by atoms with Crippen LogP contribution in [0.25, 0.3) is 0 Å². The quantitative estimate of drug-likeness (QED) is 0.690. The van der Waals surface area contributed by atoms with E-state index in [0.717, 1.165) is 13.0 Å². The predicted molar refractivity (Wildman–Crippen MR) is 69.7 cm³/mol. The van der Waals surface area contributed by atoms with Gasteiger partial charge in [-0.3, -0.25) is 0 Å². The van der Waals surface area contributed by atoms with Crippen molar-refractivity contribution in [2.45, 2.75) is 52.3 Å². The van der Waals surface area contributed by atoms with E-state index in [-0.39, 0.29) is 6.54 Å². The van der Waals surface area contributed by atoms with Gasteiger partial charge in [0.2, 0.25) is 0 Å². The van der Waals surface area contributed by atoms with Gasteiger partial charge in [0.1, 0.15) is 0 Å². The molecule has 0 saturated carbocycles. The first-order chi connectivity index (χ1) is 8.20. The fourth-order valence-electron chi connectivity index (χ4n) is 1.62. The third-order valence-corrected chi connectivity index (χ3v) is 2.94. The van der Waals surface area contributed by atoms with Crippen LogP contribution in [0.15, 0.2) is 0 Å². The van der Waals surface area contributed by atoms with Crippen molar-refractivity contribution in [2.24, 2.45) is 5.92 Å². The van der Waals surface area contributed by atoms with Gasteiger partial charge in [-0.1, -0.05) is 13.8 Å². The molecule has 0 aromatic heterocycles. The van der Waals surface area contributed by atoms with E-state index in [1.54, 1.807) is 11.9 Å². The lowest BCUT2D eigenvalue weighted by molar-refractivity contribution is -0.137. The Hall–Kier alpha value is -0.290. The second kappa shape index (κ2) is 8.75. The summed E-state index contributed by atoms with van der Waals surface area (Å²) in [6.45, 7) is 7.98. The minimum Gasteiger partial charge on any atom is -0.313 e. The van der Waals surface area contributed by atoms with Crippen molar-refractivity contribution < 1.29 is 13.2 Å². The average molecular weight is 268 g/mol. The minimum atomic E-state index is -4.05. The van der Waals surface area contributed by atoms with E-state index in [1.807, 2.05) is 0 Å². The maximum atomic E-state index is 12.0. The molecule has 110 valence electrons. The summed E-state index contributed by atoms with van der Waals surface area (Å²) < 4.78 is 36.0. The number of nitrogens with one attached hydrogen (secondary N) is 1. The lowest BCUT2D eigenvalue weighted by Crippen LogP contribution is -2.35. The van der Waals surface area contributed by atoms with Crippen molar-refractivity contribution in [1.29, 1.82) is 0 Å². The first-order valence-corrected chi connectivity index (χ1v) is 6.69.